The summed E-state index contributed by atoms with van der Waals surface area (Å²) in [5.41, 5.74) is 4.73. The molecule has 214 valence electrons. The van der Waals surface area contributed by atoms with Crippen LogP contribution >= 0.6 is 0 Å². The molecule has 4 rings (SSSR count). The van der Waals surface area contributed by atoms with Crippen molar-refractivity contribution in [2.24, 2.45) is 0 Å². The molecule has 0 saturated carbocycles. The van der Waals surface area contributed by atoms with Crippen LogP contribution < -0.4 is 15.0 Å². The molecule has 0 spiro atoms. The van der Waals surface area contributed by atoms with E-state index in [0.29, 0.717) is 24.6 Å². The number of nitrogens with one attached hydrogen (secondary N) is 1. The fourth-order valence-electron chi connectivity index (χ4n) is 5.10. The number of rotatable bonds is 12. The van der Waals surface area contributed by atoms with E-state index in [9.17, 15) is 4.79 Å². The van der Waals surface area contributed by atoms with E-state index in [1.54, 1.807) is 14.2 Å². The number of methoxy groups -OCH3 is 2. The van der Waals surface area contributed by atoms with Crippen molar-refractivity contribution in [3.8, 4) is 11.5 Å². The number of fused-ring (bicyclic) bond motifs is 1. The van der Waals surface area contributed by atoms with Crippen molar-refractivity contribution in [3.05, 3.63) is 74.8 Å². The number of hydrogen-bond donors (Lipinski definition) is 1. The van der Waals surface area contributed by atoms with E-state index in [2.05, 4.69) is 79.1 Å². The maximum Gasteiger partial charge on any atom is 0.252 e. The van der Waals surface area contributed by atoms with Crippen LogP contribution in [0, 0.1) is 13.8 Å². The molecule has 1 atom stereocenters. The number of nitrogens with zero attached hydrogens (tertiary/aromatic N) is 5. The molecule has 9 heteroatoms. The maximum atomic E-state index is 13.3. The number of aryl methyl sites for hydroxylation is 2. The predicted octanol–water partition coefficient (Wildman–Crippen LogP) is 5.49. The number of tetrazole rings is 1. The third kappa shape index (κ3) is 6.04. The highest BCUT2D eigenvalue weighted by atomic mass is 16.5. The molecule has 0 saturated heterocycles. The highest BCUT2D eigenvalue weighted by molar-refractivity contribution is 5.80. The van der Waals surface area contributed by atoms with Gasteiger partial charge in [-0.15, -0.1) is 5.10 Å². The summed E-state index contributed by atoms with van der Waals surface area (Å²) < 4.78 is 12.9. The molecule has 0 aliphatic carbocycles. The molecule has 0 radical (unpaired) electrons. The van der Waals surface area contributed by atoms with Gasteiger partial charge < -0.3 is 14.5 Å². The lowest BCUT2D eigenvalue weighted by Crippen LogP contribution is -2.37. The predicted molar refractivity (Wildman–Crippen MR) is 158 cm³/mol. The minimum atomic E-state index is -0.239. The highest BCUT2D eigenvalue weighted by Crippen LogP contribution is 2.31. The Morgan fingerprint density at radius 2 is 1.75 bits per heavy atom. The Morgan fingerprint density at radius 3 is 2.42 bits per heavy atom. The van der Waals surface area contributed by atoms with E-state index in [1.807, 2.05) is 28.9 Å². The Kier molecular flexibility index (Phi) is 8.93. The van der Waals surface area contributed by atoms with Gasteiger partial charge in [0.2, 0.25) is 0 Å². The summed E-state index contributed by atoms with van der Waals surface area (Å²) in [5, 5.41) is 14.0. The van der Waals surface area contributed by atoms with Gasteiger partial charge in [0.1, 0.15) is 0 Å². The van der Waals surface area contributed by atoms with Gasteiger partial charge in [-0.25, -0.2) is 4.68 Å². The Labute approximate surface area is 236 Å². The van der Waals surface area contributed by atoms with Gasteiger partial charge in [0.15, 0.2) is 17.3 Å². The third-order valence-corrected chi connectivity index (χ3v) is 8.10. The lowest BCUT2D eigenvalue weighted by atomic mass is 10.0. The SMILES string of the molecule is CC[C@@H](c1nnnn1C(C)(C)CC)N(CCc1ccc(OC)c(OC)c1)Cc1cc2cc(C)c(C)cc2[nH]c1=O. The fraction of sp³-hybridized carbons (Fsp3) is 0.484. The number of ether oxygens (including phenoxy) is 2. The van der Waals surface area contributed by atoms with E-state index in [0.717, 1.165) is 52.7 Å². The van der Waals surface area contributed by atoms with Crippen molar-refractivity contribution in [1.29, 1.82) is 0 Å². The molecule has 1 N–H and O–H groups in total. The van der Waals surface area contributed by atoms with Crippen LogP contribution in [0.4, 0.5) is 0 Å². The molecule has 2 aromatic heterocycles. The zero-order valence-corrected chi connectivity index (χ0v) is 25.0. The van der Waals surface area contributed by atoms with E-state index in [-0.39, 0.29) is 17.1 Å². The van der Waals surface area contributed by atoms with Crippen LogP contribution in [0.5, 0.6) is 11.5 Å². The number of hydrogen-bond acceptors (Lipinski definition) is 7. The monoisotopic (exact) mass is 546 g/mol. The van der Waals surface area contributed by atoms with Crippen LogP contribution in [0.1, 0.15) is 74.7 Å². The van der Waals surface area contributed by atoms with Gasteiger partial charge in [0.05, 0.1) is 25.8 Å². The maximum absolute atomic E-state index is 13.3. The lowest BCUT2D eigenvalue weighted by Gasteiger charge is -2.33. The van der Waals surface area contributed by atoms with Crippen LogP contribution in [0.15, 0.2) is 41.2 Å². The number of aromatic amines is 1. The van der Waals surface area contributed by atoms with Crippen molar-refractivity contribution in [2.75, 3.05) is 20.8 Å². The van der Waals surface area contributed by atoms with Gasteiger partial charge in [0.25, 0.3) is 5.56 Å². The molecule has 2 aromatic carbocycles. The first kappa shape index (κ1) is 29.3. The summed E-state index contributed by atoms with van der Waals surface area (Å²) in [6.45, 7) is 13.9. The number of H-pyrrole nitrogens is 1. The van der Waals surface area contributed by atoms with E-state index in [4.69, 9.17) is 9.47 Å². The number of aromatic nitrogens is 5. The summed E-state index contributed by atoms with van der Waals surface area (Å²) in [6.07, 6.45) is 2.42. The summed E-state index contributed by atoms with van der Waals surface area (Å²) in [5.74, 6) is 2.21. The second-order valence-corrected chi connectivity index (χ2v) is 11.1. The quantitative estimate of drug-likeness (QED) is 0.251. The zero-order chi connectivity index (χ0) is 29.0. The smallest absolute Gasteiger partial charge is 0.252 e. The molecule has 0 aliphatic rings. The molecule has 9 nitrogen and oxygen atoms in total. The minimum absolute atomic E-state index is 0.0739. The molecule has 2 heterocycles. The second-order valence-electron chi connectivity index (χ2n) is 11.1. The molecular formula is C31H42N6O3. The van der Waals surface area contributed by atoms with E-state index < -0.39 is 0 Å². The Morgan fingerprint density at radius 1 is 1.02 bits per heavy atom. The van der Waals surface area contributed by atoms with Crippen molar-refractivity contribution >= 4 is 10.9 Å². The standard InChI is InChI=1S/C31H42N6O3/c1-9-26(29-33-34-35-37(29)31(5,6)10-2)36(14-13-22-11-12-27(39-7)28(17-22)40-8)19-24-18-23-15-20(3)21(4)16-25(23)32-30(24)38/h11-12,15-18,26H,9-10,13-14,19H2,1-8H3,(H,32,38)/t26-/m0/s1. The summed E-state index contributed by atoms with van der Waals surface area (Å²) in [4.78, 5) is 18.7. The van der Waals surface area contributed by atoms with Crippen molar-refractivity contribution < 1.29 is 9.47 Å². The normalized spacial score (nSPS) is 12.7. The van der Waals surface area contributed by atoms with Gasteiger partial charge in [-0.2, -0.15) is 0 Å². The van der Waals surface area contributed by atoms with Crippen LogP contribution in [-0.4, -0.2) is 50.9 Å². The number of pyridine rings is 1. The first-order valence-corrected chi connectivity index (χ1v) is 14.0. The van der Waals surface area contributed by atoms with Crippen LogP contribution in [0.25, 0.3) is 10.9 Å². The molecule has 4 aromatic rings. The highest BCUT2D eigenvalue weighted by Gasteiger charge is 2.31. The molecule has 0 amide bonds. The minimum Gasteiger partial charge on any atom is -0.493 e. The number of benzene rings is 2. The summed E-state index contributed by atoms with van der Waals surface area (Å²) >= 11 is 0. The lowest BCUT2D eigenvalue weighted by molar-refractivity contribution is 0.160. The van der Waals surface area contributed by atoms with E-state index in [1.165, 1.54) is 5.56 Å². The molecular weight excluding hydrogens is 504 g/mol. The summed E-state index contributed by atoms with van der Waals surface area (Å²) in [7, 11) is 3.28. The van der Waals surface area contributed by atoms with Crippen molar-refractivity contribution in [1.82, 2.24) is 30.1 Å². The van der Waals surface area contributed by atoms with Crippen molar-refractivity contribution in [3.63, 3.8) is 0 Å². The molecule has 0 unspecified atom stereocenters. The largest absolute Gasteiger partial charge is 0.493 e. The topological polar surface area (TPSA) is 98.2 Å². The first-order valence-electron chi connectivity index (χ1n) is 14.0. The molecule has 0 bridgehead atoms. The molecule has 0 aliphatic heterocycles. The third-order valence-electron chi connectivity index (χ3n) is 8.10. The first-order chi connectivity index (χ1) is 19.1. The van der Waals surface area contributed by atoms with Gasteiger partial charge in [-0.05, 0) is 110 Å². The van der Waals surface area contributed by atoms with Crippen molar-refractivity contribution in [2.45, 2.75) is 78.9 Å². The van der Waals surface area contributed by atoms with Crippen LogP contribution in [0.2, 0.25) is 0 Å². The average Bonchev–Trinajstić information content (AvgIpc) is 3.44. The zero-order valence-electron chi connectivity index (χ0n) is 25.0. The van der Waals surface area contributed by atoms with Gasteiger partial charge in [-0.3, -0.25) is 9.69 Å². The molecule has 40 heavy (non-hydrogen) atoms. The molecule has 0 fully saturated rings. The van der Waals surface area contributed by atoms with Crippen LogP contribution in [0.3, 0.4) is 0 Å². The van der Waals surface area contributed by atoms with Gasteiger partial charge in [-0.1, -0.05) is 19.9 Å². The van der Waals surface area contributed by atoms with E-state index >= 15 is 0 Å². The second kappa shape index (κ2) is 12.2. The van der Waals surface area contributed by atoms with Crippen LogP contribution in [-0.2, 0) is 18.5 Å². The average molecular weight is 547 g/mol. The van der Waals surface area contributed by atoms with Gasteiger partial charge >= 0.3 is 0 Å². The summed E-state index contributed by atoms with van der Waals surface area (Å²) in [6, 6.07) is 12.1. The Balaban J connectivity index is 1.74. The fourth-order valence-corrected chi connectivity index (χ4v) is 5.10. The Bertz CT molecular complexity index is 1520. The van der Waals surface area contributed by atoms with Gasteiger partial charge in [0, 0.05) is 24.2 Å². The Hall–Kier alpha value is -3.72.